The monoisotopic (exact) mass is 435 g/mol. The highest BCUT2D eigenvalue weighted by atomic mass is 32.2. The minimum atomic E-state index is -3.03. The molecule has 0 saturated carbocycles. The summed E-state index contributed by atoms with van der Waals surface area (Å²) >= 11 is 0. The summed E-state index contributed by atoms with van der Waals surface area (Å²) in [6.07, 6.45) is -0.195. The quantitative estimate of drug-likeness (QED) is 0.612. The molecule has 0 unspecified atom stereocenters. The minimum absolute atomic E-state index is 0.112. The Kier molecular flexibility index (Phi) is 7.58. The van der Waals surface area contributed by atoms with Crippen LogP contribution in [-0.4, -0.2) is 69.4 Å². The van der Waals surface area contributed by atoms with Crippen LogP contribution in [0.4, 0.5) is 0 Å². The number of aliphatic hydroxyl groups is 1. The molecule has 164 valence electrons. The molecule has 2 aromatic carbocycles. The van der Waals surface area contributed by atoms with Crippen molar-refractivity contribution in [2.75, 3.05) is 38.9 Å². The Balaban J connectivity index is 1.64. The second-order valence-electron chi connectivity index (χ2n) is 7.48. The third-order valence-electron chi connectivity index (χ3n) is 5.19. The average Bonchev–Trinajstić information content (AvgIpc) is 3.12. The maximum Gasteiger partial charge on any atom is 0.151 e. The van der Waals surface area contributed by atoms with E-state index in [-0.39, 0.29) is 24.2 Å². The minimum Gasteiger partial charge on any atom is -0.497 e. The van der Waals surface area contributed by atoms with E-state index in [0.29, 0.717) is 25.3 Å². The highest BCUT2D eigenvalue weighted by Crippen LogP contribution is 2.22. The van der Waals surface area contributed by atoms with Crippen LogP contribution in [0.2, 0.25) is 0 Å². The zero-order valence-corrected chi connectivity index (χ0v) is 18.2. The van der Waals surface area contributed by atoms with Crippen LogP contribution in [0.3, 0.4) is 0 Å². The van der Waals surface area contributed by atoms with Crippen molar-refractivity contribution in [3.63, 3.8) is 0 Å². The lowest BCUT2D eigenvalue weighted by molar-refractivity contribution is 0.0524. The van der Waals surface area contributed by atoms with E-state index in [1.165, 1.54) is 0 Å². The Hall–Kier alpha value is -2.29. The fourth-order valence-electron chi connectivity index (χ4n) is 3.60. The molecule has 7 nitrogen and oxygen atoms in total. The summed E-state index contributed by atoms with van der Waals surface area (Å²) in [6, 6.07) is 14.7. The van der Waals surface area contributed by atoms with Crippen LogP contribution in [0, 0.1) is 0 Å². The van der Waals surface area contributed by atoms with Gasteiger partial charge in [0.05, 0.1) is 25.7 Å². The molecule has 3 rings (SSSR count). The van der Waals surface area contributed by atoms with Gasteiger partial charge in [-0.3, -0.25) is 4.90 Å². The van der Waals surface area contributed by atoms with E-state index in [1.807, 2.05) is 29.2 Å². The fourth-order valence-corrected chi connectivity index (χ4v) is 5.36. The molecule has 0 spiro atoms. The lowest BCUT2D eigenvalue weighted by atomic mass is 10.1. The Morgan fingerprint density at radius 1 is 1.07 bits per heavy atom. The van der Waals surface area contributed by atoms with Gasteiger partial charge in [0, 0.05) is 19.1 Å². The van der Waals surface area contributed by atoms with Gasteiger partial charge in [-0.1, -0.05) is 12.1 Å². The summed E-state index contributed by atoms with van der Waals surface area (Å²) in [7, 11) is 0.174. The van der Waals surface area contributed by atoms with Crippen LogP contribution >= 0.6 is 0 Å². The van der Waals surface area contributed by atoms with Gasteiger partial charge >= 0.3 is 0 Å². The zero-order valence-electron chi connectivity index (χ0n) is 17.4. The molecule has 0 amide bonds. The first-order valence-electron chi connectivity index (χ1n) is 9.91. The SMILES string of the molecule is COc1ccc(OC[C@@H](O)CN(Cc2cccc(OC)c2)[C@H]2CCS(=O)(=O)C2)cc1. The van der Waals surface area contributed by atoms with Gasteiger partial charge in [-0.05, 0) is 48.4 Å². The first-order chi connectivity index (χ1) is 14.4. The van der Waals surface area contributed by atoms with Crippen molar-refractivity contribution >= 4 is 9.84 Å². The number of aliphatic hydroxyl groups excluding tert-OH is 1. The number of benzene rings is 2. The highest BCUT2D eigenvalue weighted by Gasteiger charge is 2.33. The smallest absolute Gasteiger partial charge is 0.151 e. The zero-order chi connectivity index (χ0) is 21.6. The maximum absolute atomic E-state index is 12.0. The average molecular weight is 436 g/mol. The molecule has 30 heavy (non-hydrogen) atoms. The summed E-state index contributed by atoms with van der Waals surface area (Å²) in [5, 5.41) is 10.6. The Morgan fingerprint density at radius 2 is 1.77 bits per heavy atom. The van der Waals surface area contributed by atoms with Crippen molar-refractivity contribution < 1.29 is 27.7 Å². The van der Waals surface area contributed by atoms with Crippen LogP contribution in [0.1, 0.15) is 12.0 Å². The van der Waals surface area contributed by atoms with Crippen LogP contribution in [0.5, 0.6) is 17.2 Å². The van der Waals surface area contributed by atoms with Gasteiger partial charge in [0.1, 0.15) is 30.0 Å². The molecule has 1 heterocycles. The number of methoxy groups -OCH3 is 2. The number of sulfone groups is 1. The van der Waals surface area contributed by atoms with Crippen molar-refractivity contribution in [2.24, 2.45) is 0 Å². The van der Waals surface area contributed by atoms with Gasteiger partial charge in [-0.15, -0.1) is 0 Å². The largest absolute Gasteiger partial charge is 0.497 e. The second-order valence-corrected chi connectivity index (χ2v) is 9.71. The lowest BCUT2D eigenvalue weighted by Crippen LogP contribution is -2.42. The second kappa shape index (κ2) is 10.1. The maximum atomic E-state index is 12.0. The summed E-state index contributed by atoms with van der Waals surface area (Å²) in [4.78, 5) is 2.03. The summed E-state index contributed by atoms with van der Waals surface area (Å²) in [5.41, 5.74) is 1.00. The molecule has 0 aliphatic carbocycles. The Bertz CT molecular complexity index is 915. The van der Waals surface area contributed by atoms with E-state index in [4.69, 9.17) is 14.2 Å². The number of rotatable bonds is 10. The van der Waals surface area contributed by atoms with Crippen molar-refractivity contribution in [1.29, 1.82) is 0 Å². The fraction of sp³-hybridized carbons (Fsp3) is 0.455. The molecular formula is C22H29NO6S. The molecule has 0 bridgehead atoms. The van der Waals surface area contributed by atoms with Gasteiger partial charge < -0.3 is 19.3 Å². The number of ether oxygens (including phenoxy) is 3. The molecule has 1 N–H and O–H groups in total. The van der Waals surface area contributed by atoms with Crippen LogP contribution < -0.4 is 14.2 Å². The molecule has 0 aromatic heterocycles. The summed E-state index contributed by atoms with van der Waals surface area (Å²) < 4.78 is 40.1. The number of hydrogen-bond acceptors (Lipinski definition) is 7. The van der Waals surface area contributed by atoms with Gasteiger partial charge in [0.2, 0.25) is 0 Å². The molecule has 1 aliphatic rings. The molecule has 0 radical (unpaired) electrons. The molecule has 8 heteroatoms. The Morgan fingerprint density at radius 3 is 2.40 bits per heavy atom. The lowest BCUT2D eigenvalue weighted by Gasteiger charge is -2.30. The third-order valence-corrected chi connectivity index (χ3v) is 6.94. The van der Waals surface area contributed by atoms with Crippen molar-refractivity contribution in [1.82, 2.24) is 4.90 Å². The standard InChI is InChI=1S/C22H29NO6S/c1-27-20-6-8-21(9-7-20)29-15-19(24)14-23(18-10-11-30(25,26)16-18)13-17-4-3-5-22(12-17)28-2/h3-9,12,18-19,24H,10-11,13-16H2,1-2H3/t18-,19-/m0/s1. The molecule has 1 fully saturated rings. The highest BCUT2D eigenvalue weighted by molar-refractivity contribution is 7.91. The van der Waals surface area contributed by atoms with Gasteiger partial charge in [-0.25, -0.2) is 8.42 Å². The van der Waals surface area contributed by atoms with E-state index in [1.54, 1.807) is 38.5 Å². The van der Waals surface area contributed by atoms with E-state index in [0.717, 1.165) is 17.1 Å². The topological polar surface area (TPSA) is 85.3 Å². The summed E-state index contributed by atoms with van der Waals surface area (Å²) in [6.45, 7) is 0.949. The number of nitrogens with zero attached hydrogens (tertiary/aromatic N) is 1. The first kappa shape index (κ1) is 22.4. The van der Waals surface area contributed by atoms with Crippen LogP contribution in [0.15, 0.2) is 48.5 Å². The number of hydrogen-bond donors (Lipinski definition) is 1. The van der Waals surface area contributed by atoms with Crippen LogP contribution in [-0.2, 0) is 16.4 Å². The van der Waals surface area contributed by atoms with Crippen molar-refractivity contribution in [2.45, 2.75) is 25.1 Å². The van der Waals surface area contributed by atoms with E-state index in [9.17, 15) is 13.5 Å². The molecule has 1 aliphatic heterocycles. The van der Waals surface area contributed by atoms with E-state index < -0.39 is 15.9 Å². The molecule has 2 aromatic rings. The predicted octanol–water partition coefficient (Wildman–Crippen LogP) is 2.13. The normalized spacial score (nSPS) is 18.9. The molecule has 2 atom stereocenters. The van der Waals surface area contributed by atoms with E-state index in [2.05, 4.69) is 0 Å². The van der Waals surface area contributed by atoms with Gasteiger partial charge in [-0.2, -0.15) is 0 Å². The van der Waals surface area contributed by atoms with Crippen molar-refractivity contribution in [3.8, 4) is 17.2 Å². The summed E-state index contributed by atoms with van der Waals surface area (Å²) in [5.74, 6) is 2.41. The first-order valence-corrected chi connectivity index (χ1v) is 11.7. The van der Waals surface area contributed by atoms with Gasteiger partial charge in [0.15, 0.2) is 9.84 Å². The van der Waals surface area contributed by atoms with Crippen LogP contribution in [0.25, 0.3) is 0 Å². The molecular weight excluding hydrogens is 406 g/mol. The van der Waals surface area contributed by atoms with Gasteiger partial charge in [0.25, 0.3) is 0 Å². The molecule has 1 saturated heterocycles. The van der Waals surface area contributed by atoms with Crippen molar-refractivity contribution in [3.05, 3.63) is 54.1 Å². The Labute approximate surface area is 178 Å². The predicted molar refractivity (Wildman–Crippen MR) is 115 cm³/mol. The third kappa shape index (κ3) is 6.35. The van der Waals surface area contributed by atoms with E-state index >= 15 is 0 Å².